The standard InChI is InChI=1S/C26H24N6O7S/c1-2-37-19(33)11-30-25(35)22(15-10-29-16-6-4-3-5-14(15)16)32(13-7-8-17-18(9-13)39-12-38-17)26(36)23-20(27)21(24(28)34)31-40-23/h3-10,22,29H,2,11-12,27H2,1H3,(H2,28,34)(H,30,35)/t22-/m1/s1. The second-order valence-corrected chi connectivity index (χ2v) is 9.34. The second kappa shape index (κ2) is 10.9. The number of esters is 1. The van der Waals surface area contributed by atoms with Crippen molar-refractivity contribution in [1.29, 1.82) is 0 Å². The molecule has 4 aromatic rings. The van der Waals surface area contributed by atoms with Crippen molar-refractivity contribution in [2.75, 3.05) is 30.6 Å². The van der Waals surface area contributed by atoms with Crippen LogP contribution in [-0.4, -0.2) is 53.0 Å². The summed E-state index contributed by atoms with van der Waals surface area (Å²) in [4.78, 5) is 56.2. The molecule has 3 heterocycles. The van der Waals surface area contributed by atoms with Crippen molar-refractivity contribution in [2.24, 2.45) is 5.73 Å². The van der Waals surface area contributed by atoms with Gasteiger partial charge < -0.3 is 36.0 Å². The van der Waals surface area contributed by atoms with E-state index < -0.39 is 36.3 Å². The Hall–Kier alpha value is -5.11. The number of nitrogen functional groups attached to an aromatic ring is 1. The number of amides is 3. The van der Waals surface area contributed by atoms with Crippen molar-refractivity contribution in [3.8, 4) is 11.5 Å². The monoisotopic (exact) mass is 564 g/mol. The maximum Gasteiger partial charge on any atom is 0.325 e. The molecule has 2 aromatic heterocycles. The largest absolute Gasteiger partial charge is 0.465 e. The quantitative estimate of drug-likeness (QED) is 0.220. The average Bonchev–Trinajstić information content (AvgIpc) is 3.68. The van der Waals surface area contributed by atoms with Crippen LogP contribution < -0.4 is 31.2 Å². The maximum absolute atomic E-state index is 14.2. The number of H-pyrrole nitrogens is 1. The molecule has 0 bridgehead atoms. The highest BCUT2D eigenvalue weighted by molar-refractivity contribution is 7.09. The van der Waals surface area contributed by atoms with E-state index in [1.165, 1.54) is 4.90 Å². The van der Waals surface area contributed by atoms with Crippen molar-refractivity contribution >= 4 is 57.5 Å². The van der Waals surface area contributed by atoms with Crippen LogP contribution in [0.4, 0.5) is 11.4 Å². The van der Waals surface area contributed by atoms with E-state index in [4.69, 9.17) is 25.7 Å². The van der Waals surface area contributed by atoms with Gasteiger partial charge in [0.15, 0.2) is 17.2 Å². The van der Waals surface area contributed by atoms with Gasteiger partial charge in [0.25, 0.3) is 11.8 Å². The topological polar surface area (TPSA) is 192 Å². The summed E-state index contributed by atoms with van der Waals surface area (Å²) in [5, 5.41) is 3.23. The Kier molecular flexibility index (Phi) is 7.25. The molecule has 1 aliphatic heterocycles. The van der Waals surface area contributed by atoms with Crippen LogP contribution in [0.1, 0.15) is 38.7 Å². The summed E-state index contributed by atoms with van der Waals surface area (Å²) in [6, 6.07) is 10.6. The summed E-state index contributed by atoms with van der Waals surface area (Å²) < 4.78 is 19.8. The van der Waals surface area contributed by atoms with E-state index in [9.17, 15) is 19.2 Å². The van der Waals surface area contributed by atoms with Gasteiger partial charge in [-0.15, -0.1) is 0 Å². The minimum absolute atomic E-state index is 0.0115. The number of carbonyl (C=O) groups is 4. The summed E-state index contributed by atoms with van der Waals surface area (Å²) in [5.74, 6) is -2.14. The summed E-state index contributed by atoms with van der Waals surface area (Å²) in [6.45, 7) is 1.34. The van der Waals surface area contributed by atoms with Gasteiger partial charge in [-0.25, -0.2) is 0 Å². The lowest BCUT2D eigenvalue weighted by atomic mass is 10.0. The van der Waals surface area contributed by atoms with Gasteiger partial charge in [-0.2, -0.15) is 4.37 Å². The van der Waals surface area contributed by atoms with Gasteiger partial charge in [0.1, 0.15) is 17.5 Å². The zero-order valence-corrected chi connectivity index (χ0v) is 21.9. The van der Waals surface area contributed by atoms with Crippen molar-refractivity contribution in [3.05, 3.63) is 64.8 Å². The fraction of sp³-hybridized carbons (Fsp3) is 0.192. The predicted molar refractivity (Wildman–Crippen MR) is 145 cm³/mol. The number of primary amides is 1. The van der Waals surface area contributed by atoms with Gasteiger partial charge in [0, 0.05) is 34.4 Å². The van der Waals surface area contributed by atoms with Crippen molar-refractivity contribution in [1.82, 2.24) is 14.7 Å². The minimum Gasteiger partial charge on any atom is -0.465 e. The van der Waals surface area contributed by atoms with E-state index in [2.05, 4.69) is 14.7 Å². The van der Waals surface area contributed by atoms with Gasteiger partial charge in [-0.3, -0.25) is 24.1 Å². The molecular formula is C26H24N6O7S. The van der Waals surface area contributed by atoms with Crippen LogP contribution in [0.2, 0.25) is 0 Å². The van der Waals surface area contributed by atoms with Gasteiger partial charge in [-0.1, -0.05) is 18.2 Å². The first-order chi connectivity index (χ1) is 19.3. The third-order valence-electron chi connectivity index (χ3n) is 6.14. The minimum atomic E-state index is -1.32. The zero-order chi connectivity index (χ0) is 28.4. The molecular weight excluding hydrogens is 540 g/mol. The number of carbonyl (C=O) groups excluding carboxylic acids is 4. The number of aromatic amines is 1. The lowest BCUT2D eigenvalue weighted by Gasteiger charge is -2.31. The molecule has 0 saturated heterocycles. The molecule has 0 spiro atoms. The summed E-state index contributed by atoms with van der Waals surface area (Å²) in [6.07, 6.45) is 1.61. The lowest BCUT2D eigenvalue weighted by Crippen LogP contribution is -2.45. The Bertz CT molecular complexity index is 1630. The number of nitrogens with zero attached hydrogens (tertiary/aromatic N) is 2. The lowest BCUT2D eigenvalue weighted by molar-refractivity contribution is -0.143. The molecule has 5 rings (SSSR count). The SMILES string of the molecule is CCOC(=O)CNC(=O)[C@@H](c1c[nH]c2ccccc12)N(C(=O)c1snc(C(N)=O)c1N)c1ccc2c(c1)OCO2. The Morgan fingerprint density at radius 2 is 1.95 bits per heavy atom. The van der Waals surface area contributed by atoms with E-state index >= 15 is 0 Å². The average molecular weight is 565 g/mol. The van der Waals surface area contributed by atoms with Gasteiger partial charge in [-0.05, 0) is 36.7 Å². The summed E-state index contributed by atoms with van der Waals surface area (Å²) >= 11 is 0.679. The van der Waals surface area contributed by atoms with Crippen LogP contribution in [-0.2, 0) is 14.3 Å². The zero-order valence-electron chi connectivity index (χ0n) is 21.1. The molecule has 0 radical (unpaired) electrons. The fourth-order valence-electron chi connectivity index (χ4n) is 4.34. The van der Waals surface area contributed by atoms with Crippen LogP contribution in [0.5, 0.6) is 11.5 Å². The number of ether oxygens (including phenoxy) is 3. The van der Waals surface area contributed by atoms with Crippen LogP contribution >= 0.6 is 11.5 Å². The molecule has 3 amide bonds. The van der Waals surface area contributed by atoms with Gasteiger partial charge in [0.2, 0.25) is 12.7 Å². The number of para-hydroxylation sites is 1. The van der Waals surface area contributed by atoms with Crippen molar-refractivity contribution in [2.45, 2.75) is 13.0 Å². The molecule has 0 unspecified atom stereocenters. The molecule has 2 aromatic carbocycles. The first kappa shape index (κ1) is 26.5. The van der Waals surface area contributed by atoms with Crippen molar-refractivity contribution in [3.63, 3.8) is 0 Å². The smallest absolute Gasteiger partial charge is 0.325 e. The molecule has 206 valence electrons. The Morgan fingerprint density at radius 1 is 1.18 bits per heavy atom. The van der Waals surface area contributed by atoms with E-state index in [1.807, 2.05) is 12.1 Å². The molecule has 0 saturated carbocycles. The third-order valence-corrected chi connectivity index (χ3v) is 6.99. The fourth-order valence-corrected chi connectivity index (χ4v) is 5.09. The molecule has 6 N–H and O–H groups in total. The van der Waals surface area contributed by atoms with Crippen LogP contribution in [0.25, 0.3) is 10.9 Å². The number of hydrogen-bond donors (Lipinski definition) is 4. The molecule has 40 heavy (non-hydrogen) atoms. The molecule has 0 fully saturated rings. The highest BCUT2D eigenvalue weighted by Gasteiger charge is 2.38. The second-order valence-electron chi connectivity index (χ2n) is 8.57. The first-order valence-electron chi connectivity index (χ1n) is 12.1. The summed E-state index contributed by atoms with van der Waals surface area (Å²) in [7, 11) is 0. The number of nitrogens with one attached hydrogen (secondary N) is 2. The maximum atomic E-state index is 14.2. The highest BCUT2D eigenvalue weighted by Crippen LogP contribution is 2.40. The molecule has 1 aliphatic rings. The highest BCUT2D eigenvalue weighted by atomic mass is 32.1. The van der Waals surface area contributed by atoms with Crippen molar-refractivity contribution < 1.29 is 33.4 Å². The van der Waals surface area contributed by atoms with E-state index in [1.54, 1.807) is 43.5 Å². The van der Waals surface area contributed by atoms with Crippen LogP contribution in [0.3, 0.4) is 0 Å². The molecule has 0 aliphatic carbocycles. The first-order valence-corrected chi connectivity index (χ1v) is 12.8. The van der Waals surface area contributed by atoms with E-state index in [0.29, 0.717) is 39.5 Å². The Labute approximate surface area is 231 Å². The van der Waals surface area contributed by atoms with E-state index in [0.717, 1.165) is 0 Å². The number of benzene rings is 2. The number of nitrogens with two attached hydrogens (primary N) is 2. The number of anilines is 2. The Balaban J connectivity index is 1.67. The van der Waals surface area contributed by atoms with Gasteiger partial charge in [0.05, 0.1) is 12.3 Å². The van der Waals surface area contributed by atoms with Crippen LogP contribution in [0, 0.1) is 0 Å². The summed E-state index contributed by atoms with van der Waals surface area (Å²) in [5.41, 5.74) is 12.4. The Morgan fingerprint density at radius 3 is 2.70 bits per heavy atom. The third kappa shape index (κ3) is 4.87. The number of hydrogen-bond acceptors (Lipinski definition) is 10. The van der Waals surface area contributed by atoms with Gasteiger partial charge >= 0.3 is 5.97 Å². The normalized spacial score (nSPS) is 12.6. The predicted octanol–water partition coefficient (Wildman–Crippen LogP) is 2.10. The molecule has 14 heteroatoms. The molecule has 1 atom stereocenters. The number of fused-ring (bicyclic) bond motifs is 2. The molecule has 13 nitrogen and oxygen atoms in total. The van der Waals surface area contributed by atoms with E-state index in [-0.39, 0.29) is 35.3 Å². The number of rotatable bonds is 9. The number of aromatic nitrogens is 2. The van der Waals surface area contributed by atoms with Crippen LogP contribution in [0.15, 0.2) is 48.7 Å².